The highest BCUT2D eigenvalue weighted by atomic mass is 35.5. The van der Waals surface area contributed by atoms with Crippen molar-refractivity contribution in [2.45, 2.75) is 32.0 Å². The number of imidazole rings is 1. The summed E-state index contributed by atoms with van der Waals surface area (Å²) in [4.78, 5) is 36.9. The molecule has 1 aliphatic heterocycles. The number of hydrogen-bond acceptors (Lipinski definition) is 6. The van der Waals surface area contributed by atoms with Crippen molar-refractivity contribution < 1.29 is 27.5 Å². The van der Waals surface area contributed by atoms with E-state index >= 15 is 0 Å². The molecule has 0 bridgehead atoms. The summed E-state index contributed by atoms with van der Waals surface area (Å²) < 4.78 is 46.1. The molecule has 13 heteroatoms. The smallest absolute Gasteiger partial charge is 0.417 e. The van der Waals surface area contributed by atoms with Gasteiger partial charge in [0.1, 0.15) is 5.69 Å². The molecule has 3 aromatic heterocycles. The van der Waals surface area contributed by atoms with Crippen molar-refractivity contribution in [2.24, 2.45) is 0 Å². The number of aromatic amines is 1. The number of pyridine rings is 1. The molecule has 1 amide bonds. The second-order valence-electron chi connectivity index (χ2n) is 9.11. The lowest BCUT2D eigenvalue weighted by Gasteiger charge is -2.14. The van der Waals surface area contributed by atoms with Crippen LogP contribution in [0.1, 0.15) is 30.5 Å². The van der Waals surface area contributed by atoms with Crippen molar-refractivity contribution in [1.29, 1.82) is 0 Å². The summed E-state index contributed by atoms with van der Waals surface area (Å²) in [6.45, 7) is 2.96. The van der Waals surface area contributed by atoms with Crippen LogP contribution in [0.5, 0.6) is 5.75 Å². The lowest BCUT2D eigenvalue weighted by atomic mass is 10.1. The third-order valence-electron chi connectivity index (χ3n) is 6.43. The summed E-state index contributed by atoms with van der Waals surface area (Å²) in [5.41, 5.74) is 2.14. The van der Waals surface area contributed by atoms with Crippen molar-refractivity contribution in [2.75, 3.05) is 13.1 Å². The van der Waals surface area contributed by atoms with E-state index in [1.807, 2.05) is 12.1 Å². The molecule has 4 aromatic rings. The van der Waals surface area contributed by atoms with E-state index in [0.717, 1.165) is 5.56 Å². The van der Waals surface area contributed by atoms with Crippen molar-refractivity contribution in [3.8, 4) is 28.4 Å². The van der Waals surface area contributed by atoms with Gasteiger partial charge in [-0.3, -0.25) is 9.48 Å². The largest absolute Gasteiger partial charge is 0.491 e. The lowest BCUT2D eigenvalue weighted by molar-refractivity contribution is -0.189. The van der Waals surface area contributed by atoms with Crippen LogP contribution < -0.4 is 4.74 Å². The number of carbonyl (C=O) groups excluding carboxylic acids is 2. The minimum absolute atomic E-state index is 0.0226. The highest BCUT2D eigenvalue weighted by molar-refractivity contribution is 6.30. The average Bonchev–Trinajstić information content (AvgIpc) is 3.66. The van der Waals surface area contributed by atoms with Gasteiger partial charge in [-0.05, 0) is 30.2 Å². The Morgan fingerprint density at radius 3 is 2.62 bits per heavy atom. The Balaban J connectivity index is 1.49. The molecule has 1 aromatic carbocycles. The highest BCUT2D eigenvalue weighted by Gasteiger charge is 2.42. The number of ether oxygens (including phenoxy) is 1. The zero-order valence-corrected chi connectivity index (χ0v) is 21.3. The summed E-state index contributed by atoms with van der Waals surface area (Å²) >= 11 is 5.94. The Bertz CT molecular complexity index is 1520. The molecule has 1 atom stereocenters. The molecule has 202 valence electrons. The number of benzene rings is 1. The minimum atomic E-state index is -5.22. The van der Waals surface area contributed by atoms with E-state index in [-0.39, 0.29) is 28.9 Å². The molecule has 4 heterocycles. The molecule has 1 N–H and O–H groups in total. The zero-order chi connectivity index (χ0) is 27.7. The fraction of sp³-hybridized carbons (Fsp3) is 0.269. The first kappa shape index (κ1) is 26.4. The van der Waals surface area contributed by atoms with Gasteiger partial charge in [-0.1, -0.05) is 23.7 Å². The predicted octanol–water partition coefficient (Wildman–Crippen LogP) is 4.84. The maximum absolute atomic E-state index is 13.2. The van der Waals surface area contributed by atoms with E-state index in [0.29, 0.717) is 42.3 Å². The van der Waals surface area contributed by atoms with Crippen LogP contribution in [-0.2, 0) is 16.1 Å². The van der Waals surface area contributed by atoms with E-state index in [9.17, 15) is 22.8 Å². The number of halogens is 4. The first-order valence-corrected chi connectivity index (χ1v) is 12.3. The molecule has 0 spiro atoms. The van der Waals surface area contributed by atoms with E-state index in [1.54, 1.807) is 34.1 Å². The molecule has 1 unspecified atom stereocenters. The Hall–Kier alpha value is -4.19. The van der Waals surface area contributed by atoms with Gasteiger partial charge in [-0.25, -0.2) is 14.8 Å². The molecule has 39 heavy (non-hydrogen) atoms. The number of alkyl halides is 3. The van der Waals surface area contributed by atoms with Gasteiger partial charge in [0.05, 0.1) is 12.7 Å². The Labute approximate surface area is 225 Å². The van der Waals surface area contributed by atoms with E-state index in [4.69, 9.17) is 16.3 Å². The van der Waals surface area contributed by atoms with E-state index in [1.165, 1.54) is 25.4 Å². The third kappa shape index (κ3) is 5.80. The maximum atomic E-state index is 13.2. The summed E-state index contributed by atoms with van der Waals surface area (Å²) in [5.74, 6) is -2.71. The number of rotatable bonds is 6. The van der Waals surface area contributed by atoms with Crippen LogP contribution in [0.3, 0.4) is 0 Å². The standard InChI is InChI=1S/C26H22ClF3N6O3/c1-15(37)35-9-7-17(13-35)21-11-32-24(34-21)22-23(39-25(38)26(28,29)30)20(6-8-31-22)18-10-33-36(14-18)12-16-2-4-19(27)5-3-16/h2-6,8,10-11,14,17H,7,9,12-13H2,1H3,(H,32,34). The molecule has 9 nitrogen and oxygen atoms in total. The Kier molecular flexibility index (Phi) is 7.13. The minimum Gasteiger partial charge on any atom is -0.417 e. The number of nitrogens with one attached hydrogen (secondary N) is 1. The van der Waals surface area contributed by atoms with E-state index < -0.39 is 17.9 Å². The Morgan fingerprint density at radius 2 is 1.92 bits per heavy atom. The van der Waals surface area contributed by atoms with Crippen molar-refractivity contribution in [1.82, 2.24) is 29.6 Å². The highest BCUT2D eigenvalue weighted by Crippen LogP contribution is 2.38. The monoisotopic (exact) mass is 558 g/mol. The van der Waals surface area contributed by atoms with Crippen LogP contribution in [0.2, 0.25) is 5.02 Å². The van der Waals surface area contributed by atoms with Gasteiger partial charge >= 0.3 is 12.1 Å². The number of likely N-dealkylation sites (tertiary alicyclic amines) is 1. The maximum Gasteiger partial charge on any atom is 0.491 e. The van der Waals surface area contributed by atoms with Gasteiger partial charge in [0, 0.05) is 66.4 Å². The number of amides is 1. The molecule has 0 saturated carbocycles. The summed E-state index contributed by atoms with van der Waals surface area (Å²) in [5, 5.41) is 4.89. The second kappa shape index (κ2) is 10.5. The molecular formula is C26H22ClF3N6O3. The average molecular weight is 559 g/mol. The second-order valence-corrected chi connectivity index (χ2v) is 9.55. The third-order valence-corrected chi connectivity index (χ3v) is 6.68. The number of aromatic nitrogens is 5. The van der Waals surface area contributed by atoms with Crippen LogP contribution in [-0.4, -0.2) is 60.8 Å². The number of H-pyrrole nitrogens is 1. The number of esters is 1. The van der Waals surface area contributed by atoms with Gasteiger partial charge < -0.3 is 14.6 Å². The number of nitrogens with zero attached hydrogens (tertiary/aromatic N) is 5. The lowest BCUT2D eigenvalue weighted by Crippen LogP contribution is -2.28. The van der Waals surface area contributed by atoms with Crippen LogP contribution in [0.4, 0.5) is 13.2 Å². The number of carbonyl (C=O) groups is 2. The van der Waals surface area contributed by atoms with Crippen LogP contribution in [0.15, 0.2) is 55.1 Å². The van der Waals surface area contributed by atoms with Gasteiger partial charge in [0.15, 0.2) is 11.6 Å². The zero-order valence-electron chi connectivity index (χ0n) is 20.6. The molecule has 1 fully saturated rings. The van der Waals surface area contributed by atoms with Crippen molar-refractivity contribution >= 4 is 23.5 Å². The molecule has 1 aliphatic rings. The van der Waals surface area contributed by atoms with Crippen molar-refractivity contribution in [3.63, 3.8) is 0 Å². The molecule has 1 saturated heterocycles. The molecule has 0 radical (unpaired) electrons. The fourth-order valence-corrected chi connectivity index (χ4v) is 4.55. The van der Waals surface area contributed by atoms with Gasteiger partial charge in [-0.2, -0.15) is 18.3 Å². The first-order valence-electron chi connectivity index (χ1n) is 11.9. The number of hydrogen-bond donors (Lipinski definition) is 1. The van der Waals surface area contributed by atoms with Gasteiger partial charge in [-0.15, -0.1) is 0 Å². The van der Waals surface area contributed by atoms with E-state index in [2.05, 4.69) is 20.1 Å². The summed E-state index contributed by atoms with van der Waals surface area (Å²) in [7, 11) is 0. The normalized spacial score (nSPS) is 15.5. The Morgan fingerprint density at radius 1 is 1.15 bits per heavy atom. The van der Waals surface area contributed by atoms with Gasteiger partial charge in [0.25, 0.3) is 0 Å². The van der Waals surface area contributed by atoms with Crippen molar-refractivity contribution in [3.05, 3.63) is 71.4 Å². The molecule has 0 aliphatic carbocycles. The van der Waals surface area contributed by atoms with Crippen LogP contribution in [0.25, 0.3) is 22.6 Å². The molecular weight excluding hydrogens is 537 g/mol. The SMILES string of the molecule is CC(=O)N1CCC(c2cnc(-c3nccc(-c4cnn(Cc5ccc(Cl)cc5)c4)c3OC(=O)C(F)(F)F)[nH]2)C1. The summed E-state index contributed by atoms with van der Waals surface area (Å²) in [6.07, 6.45) is 1.51. The van der Waals surface area contributed by atoms with Gasteiger partial charge in [0.2, 0.25) is 5.91 Å². The van der Waals surface area contributed by atoms with Crippen LogP contribution >= 0.6 is 11.6 Å². The predicted molar refractivity (Wildman–Crippen MR) is 135 cm³/mol. The molecule has 5 rings (SSSR count). The van der Waals surface area contributed by atoms with Crippen LogP contribution in [0, 0.1) is 0 Å². The summed E-state index contributed by atoms with van der Waals surface area (Å²) in [6, 6.07) is 8.59. The fourth-order valence-electron chi connectivity index (χ4n) is 4.43. The quantitative estimate of drug-likeness (QED) is 0.339. The first-order chi connectivity index (χ1) is 18.6. The topological polar surface area (TPSA) is 106 Å².